The summed E-state index contributed by atoms with van der Waals surface area (Å²) in [4.78, 5) is 14.3. The van der Waals surface area contributed by atoms with E-state index < -0.39 is 0 Å². The van der Waals surface area contributed by atoms with E-state index >= 15 is 0 Å². The zero-order valence-electron chi connectivity index (χ0n) is 10.3. The van der Waals surface area contributed by atoms with Gasteiger partial charge in [-0.05, 0) is 37.5 Å². The van der Waals surface area contributed by atoms with Crippen molar-refractivity contribution < 1.29 is 4.79 Å². The molecule has 2 rings (SSSR count). The Kier molecular flexibility index (Phi) is 3.93. The summed E-state index contributed by atoms with van der Waals surface area (Å²) in [7, 11) is 0. The highest BCUT2D eigenvalue weighted by Crippen LogP contribution is 2.34. The van der Waals surface area contributed by atoms with E-state index in [1.54, 1.807) is 0 Å². The lowest BCUT2D eigenvalue weighted by molar-refractivity contribution is -0.130. The van der Waals surface area contributed by atoms with Crippen molar-refractivity contribution in [3.63, 3.8) is 0 Å². The van der Waals surface area contributed by atoms with Crippen LogP contribution in [0.1, 0.15) is 46.0 Å². The zero-order valence-corrected chi connectivity index (χ0v) is 11.9. The van der Waals surface area contributed by atoms with Crippen LogP contribution in [0.3, 0.4) is 0 Å². The van der Waals surface area contributed by atoms with Crippen LogP contribution in [0, 0.1) is 11.8 Å². The first-order chi connectivity index (χ1) is 7.58. The van der Waals surface area contributed by atoms with Crippen LogP contribution in [0.5, 0.6) is 0 Å². The first-order valence-corrected chi connectivity index (χ1v) is 7.43. The fourth-order valence-electron chi connectivity index (χ4n) is 3.12. The fraction of sp³-hybridized carbons (Fsp3) is 0.923. The van der Waals surface area contributed by atoms with Gasteiger partial charge >= 0.3 is 0 Å². The van der Waals surface area contributed by atoms with Gasteiger partial charge in [0.15, 0.2) is 0 Å². The smallest absolute Gasteiger partial charge is 0.224 e. The summed E-state index contributed by atoms with van der Waals surface area (Å²) in [6.45, 7) is 5.57. The summed E-state index contributed by atoms with van der Waals surface area (Å²) in [6.07, 6.45) is 5.74. The second kappa shape index (κ2) is 5.07. The first kappa shape index (κ1) is 12.4. The molecule has 0 aromatic carbocycles. The Bertz CT molecular complexity index is 259. The van der Waals surface area contributed by atoms with E-state index in [0.717, 1.165) is 18.4 Å². The average Bonchev–Trinajstić information content (AvgIpc) is 2.58. The Labute approximate surface area is 107 Å². The number of hydrogen-bond acceptors (Lipinski definition) is 1. The highest BCUT2D eigenvalue weighted by Gasteiger charge is 2.35. The molecule has 1 aliphatic carbocycles. The van der Waals surface area contributed by atoms with E-state index in [-0.39, 0.29) is 0 Å². The maximum Gasteiger partial charge on any atom is 0.224 e. The molecule has 3 heteroatoms. The number of carbonyl (C=O) groups is 1. The van der Waals surface area contributed by atoms with Crippen molar-refractivity contribution >= 4 is 21.8 Å². The van der Waals surface area contributed by atoms with Gasteiger partial charge in [-0.25, -0.2) is 0 Å². The predicted molar refractivity (Wildman–Crippen MR) is 69.6 cm³/mol. The van der Waals surface area contributed by atoms with Crippen molar-refractivity contribution in [1.82, 2.24) is 4.90 Å². The van der Waals surface area contributed by atoms with E-state index in [0.29, 0.717) is 23.2 Å². The molecule has 2 aliphatic rings. The standard InChI is InChI=1S/C13H22BrNO/c1-9(2)10-3-5-12(6-4-10)15-8-11(14)7-13(15)16/h9-12H,3-8H2,1-2H3. The Balaban J connectivity index is 1.87. The third kappa shape index (κ3) is 2.61. The van der Waals surface area contributed by atoms with Crippen LogP contribution in [-0.4, -0.2) is 28.2 Å². The van der Waals surface area contributed by atoms with Gasteiger partial charge in [0.1, 0.15) is 0 Å². The van der Waals surface area contributed by atoms with Gasteiger partial charge in [-0.3, -0.25) is 4.79 Å². The SMILES string of the molecule is CC(C)C1CCC(N2CC(Br)CC2=O)CC1. The Morgan fingerprint density at radius 2 is 1.88 bits per heavy atom. The lowest BCUT2D eigenvalue weighted by Gasteiger charge is -2.36. The predicted octanol–water partition coefficient (Wildman–Crippen LogP) is 3.20. The number of halogens is 1. The normalized spacial score (nSPS) is 36.1. The maximum absolute atomic E-state index is 11.8. The number of nitrogens with zero attached hydrogens (tertiary/aromatic N) is 1. The minimum atomic E-state index is 0.356. The van der Waals surface area contributed by atoms with Crippen molar-refractivity contribution in [2.24, 2.45) is 11.8 Å². The molecule has 1 amide bonds. The van der Waals surface area contributed by atoms with Crippen LogP contribution in [0.2, 0.25) is 0 Å². The second-order valence-corrected chi connectivity index (χ2v) is 6.96. The van der Waals surface area contributed by atoms with E-state index in [1.807, 2.05) is 0 Å². The molecule has 2 fully saturated rings. The molecule has 92 valence electrons. The summed E-state index contributed by atoms with van der Waals surface area (Å²) >= 11 is 3.56. The minimum Gasteiger partial charge on any atom is -0.339 e. The monoisotopic (exact) mass is 287 g/mol. The van der Waals surface area contributed by atoms with Crippen molar-refractivity contribution in [3.8, 4) is 0 Å². The van der Waals surface area contributed by atoms with Crippen LogP contribution in [0.25, 0.3) is 0 Å². The second-order valence-electron chi connectivity index (χ2n) is 5.66. The zero-order chi connectivity index (χ0) is 11.7. The van der Waals surface area contributed by atoms with Crippen LogP contribution in [0.4, 0.5) is 0 Å². The Morgan fingerprint density at radius 1 is 1.25 bits per heavy atom. The third-order valence-electron chi connectivity index (χ3n) is 4.24. The molecule has 1 saturated carbocycles. The Morgan fingerprint density at radius 3 is 2.31 bits per heavy atom. The van der Waals surface area contributed by atoms with E-state index in [2.05, 4.69) is 34.7 Å². The number of likely N-dealkylation sites (tertiary alicyclic amines) is 1. The number of alkyl halides is 1. The molecule has 2 nitrogen and oxygen atoms in total. The number of rotatable bonds is 2. The van der Waals surface area contributed by atoms with Crippen LogP contribution >= 0.6 is 15.9 Å². The quantitative estimate of drug-likeness (QED) is 0.715. The third-order valence-corrected chi connectivity index (χ3v) is 4.85. The topological polar surface area (TPSA) is 20.3 Å². The molecule has 0 N–H and O–H groups in total. The van der Waals surface area contributed by atoms with Gasteiger partial charge in [0.25, 0.3) is 0 Å². The molecule has 1 atom stereocenters. The number of amides is 1. The van der Waals surface area contributed by atoms with E-state index in [4.69, 9.17) is 0 Å². The largest absolute Gasteiger partial charge is 0.339 e. The van der Waals surface area contributed by atoms with Crippen LogP contribution in [-0.2, 0) is 4.79 Å². The van der Waals surface area contributed by atoms with Gasteiger partial charge < -0.3 is 4.90 Å². The van der Waals surface area contributed by atoms with Crippen molar-refractivity contribution in [2.75, 3.05) is 6.54 Å². The van der Waals surface area contributed by atoms with Crippen LogP contribution < -0.4 is 0 Å². The molecule has 1 aliphatic heterocycles. The van der Waals surface area contributed by atoms with Crippen molar-refractivity contribution in [2.45, 2.75) is 56.8 Å². The number of hydrogen-bond donors (Lipinski definition) is 0. The summed E-state index contributed by atoms with van der Waals surface area (Å²) in [5, 5.41) is 0. The average molecular weight is 288 g/mol. The van der Waals surface area contributed by atoms with Gasteiger partial charge in [-0.2, -0.15) is 0 Å². The van der Waals surface area contributed by atoms with Crippen molar-refractivity contribution in [3.05, 3.63) is 0 Å². The van der Waals surface area contributed by atoms with Gasteiger partial charge in [0, 0.05) is 23.8 Å². The summed E-state index contributed by atoms with van der Waals surface area (Å²) in [5.41, 5.74) is 0. The van der Waals surface area contributed by atoms with Gasteiger partial charge in [0.05, 0.1) is 0 Å². The lowest BCUT2D eigenvalue weighted by Crippen LogP contribution is -2.39. The van der Waals surface area contributed by atoms with Gasteiger partial charge in [0.2, 0.25) is 5.91 Å². The molecule has 1 heterocycles. The molecule has 0 aromatic heterocycles. The van der Waals surface area contributed by atoms with E-state index in [1.165, 1.54) is 25.7 Å². The lowest BCUT2D eigenvalue weighted by atomic mass is 9.79. The Hall–Kier alpha value is -0.0500. The first-order valence-electron chi connectivity index (χ1n) is 6.51. The molecule has 0 radical (unpaired) electrons. The van der Waals surface area contributed by atoms with Gasteiger partial charge in [-0.1, -0.05) is 29.8 Å². The van der Waals surface area contributed by atoms with E-state index in [9.17, 15) is 4.79 Å². The molecule has 0 aromatic rings. The summed E-state index contributed by atoms with van der Waals surface area (Å²) < 4.78 is 0. The number of carbonyl (C=O) groups excluding carboxylic acids is 1. The summed E-state index contributed by atoms with van der Waals surface area (Å²) in [6, 6.07) is 0.532. The van der Waals surface area contributed by atoms with Crippen LogP contribution in [0.15, 0.2) is 0 Å². The molecule has 1 unspecified atom stereocenters. The minimum absolute atomic E-state index is 0.356. The van der Waals surface area contributed by atoms with Crippen molar-refractivity contribution in [1.29, 1.82) is 0 Å². The maximum atomic E-state index is 11.8. The molecule has 0 spiro atoms. The fourth-order valence-corrected chi connectivity index (χ4v) is 3.71. The highest BCUT2D eigenvalue weighted by atomic mass is 79.9. The highest BCUT2D eigenvalue weighted by molar-refractivity contribution is 9.09. The molecule has 0 bridgehead atoms. The molecule has 1 saturated heterocycles. The molecule has 16 heavy (non-hydrogen) atoms. The molecular formula is C13H22BrNO. The van der Waals surface area contributed by atoms with Gasteiger partial charge in [-0.15, -0.1) is 0 Å². The summed E-state index contributed by atoms with van der Waals surface area (Å²) in [5.74, 6) is 2.04. The molecular weight excluding hydrogens is 266 g/mol.